The second kappa shape index (κ2) is 3.42. The molecule has 54 valence electrons. The molecule has 0 bridgehead atoms. The van der Waals surface area contributed by atoms with Crippen molar-refractivity contribution >= 4 is 21.8 Å². The van der Waals surface area contributed by atoms with Crippen molar-refractivity contribution in [3.8, 4) is 0 Å². The largest absolute Gasteiger partial charge is 0.337 e. The lowest BCUT2D eigenvalue weighted by atomic mass is 10.9. The molecule has 10 heavy (non-hydrogen) atoms. The first-order chi connectivity index (χ1) is 4.79. The topological polar surface area (TPSA) is 79.9 Å². The molecule has 0 saturated carbocycles. The Balaban J connectivity index is 2.44. The van der Waals surface area contributed by atoms with Crippen LogP contribution in [0.2, 0.25) is 0 Å². The van der Waals surface area contributed by atoms with Gasteiger partial charge >= 0.3 is 0 Å². The molecule has 0 amide bonds. The molecule has 0 aromatic heterocycles. The summed E-state index contributed by atoms with van der Waals surface area (Å²) in [7, 11) is 2.73. The van der Waals surface area contributed by atoms with Gasteiger partial charge in [-0.3, -0.25) is 4.72 Å². The van der Waals surface area contributed by atoms with Gasteiger partial charge in [0.05, 0.1) is 15.6 Å². The molecule has 1 aliphatic heterocycles. The predicted octanol–water partition coefficient (Wildman–Crippen LogP) is 1.33. The van der Waals surface area contributed by atoms with Gasteiger partial charge in [-0.1, -0.05) is 0 Å². The summed E-state index contributed by atoms with van der Waals surface area (Å²) in [5, 5.41) is 16.4. The summed E-state index contributed by atoms with van der Waals surface area (Å²) in [6, 6.07) is 0. The maximum Gasteiger partial charge on any atom is 0.286 e. The zero-order chi connectivity index (χ0) is 7.40. The van der Waals surface area contributed by atoms with Crippen molar-refractivity contribution in [2.75, 3.05) is 0 Å². The highest BCUT2D eigenvalue weighted by molar-refractivity contribution is 8.77. The monoisotopic (exact) mass is 178 g/mol. The van der Waals surface area contributed by atoms with Crippen LogP contribution in [0.15, 0.2) is 21.6 Å². The minimum absolute atomic E-state index is 0.409. The summed E-state index contributed by atoms with van der Waals surface area (Å²) < 4.78 is 2.69. The molecule has 0 unspecified atom stereocenters. The maximum atomic E-state index is 9.63. The van der Waals surface area contributed by atoms with Gasteiger partial charge in [-0.15, -0.1) is 0 Å². The highest BCUT2D eigenvalue weighted by Gasteiger charge is 2.08. The fourth-order valence-electron chi connectivity index (χ4n) is 0.289. The molecule has 0 atom stereocenters. The smallest absolute Gasteiger partial charge is 0.286 e. The number of nitro groups is 1. The second-order valence-corrected chi connectivity index (χ2v) is 3.09. The zero-order valence-corrected chi connectivity index (χ0v) is 6.18. The minimum Gasteiger partial charge on any atom is -0.337 e. The third-order valence-electron chi connectivity index (χ3n) is 0.580. The van der Waals surface area contributed by atoms with Gasteiger partial charge in [-0.25, -0.2) is 0 Å². The first kappa shape index (κ1) is 7.35. The van der Waals surface area contributed by atoms with E-state index in [0.717, 1.165) is 0 Å². The van der Waals surface area contributed by atoms with E-state index in [1.165, 1.54) is 21.8 Å². The van der Waals surface area contributed by atoms with Gasteiger partial charge < -0.3 is 10.1 Å². The first-order valence-corrected chi connectivity index (χ1v) is 4.35. The number of hydrogen-bond donors (Lipinski definition) is 1. The van der Waals surface area contributed by atoms with E-state index in [2.05, 4.69) is 15.1 Å². The average molecular weight is 178 g/mol. The van der Waals surface area contributed by atoms with Gasteiger partial charge in [-0.05, 0) is 10.8 Å². The molecule has 6 nitrogen and oxygen atoms in total. The maximum absolute atomic E-state index is 9.63. The van der Waals surface area contributed by atoms with Crippen molar-refractivity contribution < 1.29 is 5.03 Å². The summed E-state index contributed by atoms with van der Waals surface area (Å²) in [6.07, 6.45) is 0. The Bertz CT molecular complexity index is 201. The molecule has 1 aliphatic rings. The highest BCUT2D eigenvalue weighted by atomic mass is 33.1. The second-order valence-electron chi connectivity index (χ2n) is 1.21. The number of nitrogens with zero attached hydrogens (tertiary/aromatic N) is 3. The van der Waals surface area contributed by atoms with E-state index in [-0.39, 0.29) is 0 Å². The molecule has 0 aromatic rings. The Morgan fingerprint density at radius 2 is 2.60 bits per heavy atom. The SMILES string of the molecule is O=[N+]([O-])N=NC1=CSSN1. The third kappa shape index (κ3) is 2.23. The highest BCUT2D eigenvalue weighted by Crippen LogP contribution is 2.28. The predicted molar refractivity (Wildman–Crippen MR) is 38.3 cm³/mol. The van der Waals surface area contributed by atoms with Crippen LogP contribution in [0.3, 0.4) is 0 Å². The Kier molecular flexibility index (Phi) is 2.51. The van der Waals surface area contributed by atoms with Crippen molar-refractivity contribution in [1.29, 1.82) is 0 Å². The summed E-state index contributed by atoms with van der Waals surface area (Å²) in [6.45, 7) is 0. The van der Waals surface area contributed by atoms with E-state index in [1.54, 1.807) is 5.41 Å². The number of nitrogens with one attached hydrogen (secondary N) is 1. The fourth-order valence-corrected chi connectivity index (χ4v) is 1.66. The summed E-state index contributed by atoms with van der Waals surface area (Å²) in [5.74, 6) is 0.409. The van der Waals surface area contributed by atoms with E-state index in [9.17, 15) is 10.1 Å². The number of rotatable bonds is 2. The van der Waals surface area contributed by atoms with Crippen LogP contribution in [0.1, 0.15) is 0 Å². The van der Waals surface area contributed by atoms with E-state index in [1.807, 2.05) is 0 Å². The standard InChI is InChI=1S/C2H2N4O2S2/c7-6(8)5-3-2-1-9-10-4-2/h1,4H. The molecule has 1 N–H and O–H groups in total. The molecule has 0 radical (unpaired) electrons. The van der Waals surface area contributed by atoms with Crippen LogP contribution in [0.25, 0.3) is 0 Å². The quantitative estimate of drug-likeness (QED) is 0.227. The van der Waals surface area contributed by atoms with Crippen molar-refractivity contribution in [3.63, 3.8) is 0 Å². The molecule has 0 fully saturated rings. The molecule has 0 aliphatic carbocycles. The molecular formula is C2H2N4O2S2. The van der Waals surface area contributed by atoms with Gasteiger partial charge in [-0.2, -0.15) is 0 Å². The Labute approximate surface area is 63.8 Å². The third-order valence-corrected chi connectivity index (χ3v) is 2.12. The first-order valence-electron chi connectivity index (χ1n) is 2.13. The van der Waals surface area contributed by atoms with Gasteiger partial charge in [0.1, 0.15) is 0 Å². The van der Waals surface area contributed by atoms with E-state index in [4.69, 9.17) is 0 Å². The van der Waals surface area contributed by atoms with E-state index >= 15 is 0 Å². The van der Waals surface area contributed by atoms with Crippen molar-refractivity contribution in [2.24, 2.45) is 10.3 Å². The summed E-state index contributed by atoms with van der Waals surface area (Å²) >= 11 is 0. The lowest BCUT2D eigenvalue weighted by Crippen LogP contribution is -1.93. The zero-order valence-electron chi connectivity index (χ0n) is 4.55. The van der Waals surface area contributed by atoms with Gasteiger partial charge in [0, 0.05) is 11.0 Å². The molecular weight excluding hydrogens is 176 g/mol. The lowest BCUT2D eigenvalue weighted by Gasteiger charge is -1.81. The fraction of sp³-hybridized carbons (Fsp3) is 0. The van der Waals surface area contributed by atoms with Gasteiger partial charge in [0.15, 0.2) is 5.22 Å². The van der Waals surface area contributed by atoms with Gasteiger partial charge in [0.2, 0.25) is 0 Å². The van der Waals surface area contributed by atoms with Crippen LogP contribution in [0.4, 0.5) is 0 Å². The minimum atomic E-state index is -0.851. The summed E-state index contributed by atoms with van der Waals surface area (Å²) in [4.78, 5) is 9.63. The van der Waals surface area contributed by atoms with Crippen LogP contribution in [-0.4, -0.2) is 5.03 Å². The van der Waals surface area contributed by atoms with Crippen LogP contribution in [-0.2, 0) is 0 Å². The van der Waals surface area contributed by atoms with Crippen LogP contribution in [0.5, 0.6) is 0 Å². The molecule has 0 spiro atoms. The lowest BCUT2D eigenvalue weighted by molar-refractivity contribution is -0.494. The van der Waals surface area contributed by atoms with Crippen molar-refractivity contribution in [1.82, 2.24) is 4.72 Å². The molecule has 1 heterocycles. The Morgan fingerprint density at radius 3 is 3.10 bits per heavy atom. The molecule has 8 heteroatoms. The van der Waals surface area contributed by atoms with Crippen molar-refractivity contribution in [3.05, 3.63) is 21.3 Å². The average Bonchev–Trinajstić information content (AvgIpc) is 2.34. The van der Waals surface area contributed by atoms with Crippen LogP contribution >= 0.6 is 21.8 Å². The Hall–Kier alpha value is -0.760. The van der Waals surface area contributed by atoms with E-state index < -0.39 is 5.03 Å². The number of hydrogen-bond acceptors (Lipinski definition) is 6. The molecule has 1 rings (SSSR count). The summed E-state index contributed by atoms with van der Waals surface area (Å²) in [5.41, 5.74) is 0. The normalized spacial score (nSPS) is 17.0. The Morgan fingerprint density at radius 1 is 1.80 bits per heavy atom. The van der Waals surface area contributed by atoms with E-state index in [0.29, 0.717) is 5.82 Å². The van der Waals surface area contributed by atoms with Crippen LogP contribution < -0.4 is 4.72 Å². The van der Waals surface area contributed by atoms with Gasteiger partial charge in [0.25, 0.3) is 5.82 Å². The van der Waals surface area contributed by atoms with Crippen LogP contribution in [0, 0.1) is 10.1 Å². The molecule has 0 aromatic carbocycles. The van der Waals surface area contributed by atoms with Crippen molar-refractivity contribution in [2.45, 2.75) is 0 Å². The molecule has 0 saturated heterocycles.